The number of carbonyl (C=O) groups is 5. The number of nitrogens with one attached hydrogen (secondary N) is 3. The Morgan fingerprint density at radius 3 is 2.51 bits per heavy atom. The fraction of sp³-hybridized carbons (Fsp3) is 0.591. The van der Waals surface area contributed by atoms with Gasteiger partial charge in [-0.2, -0.15) is 11.8 Å². The monoisotopic (exact) mass is 526 g/mol. The van der Waals surface area contributed by atoms with E-state index in [0.29, 0.717) is 24.2 Å². The molecule has 0 aromatic carbocycles. The van der Waals surface area contributed by atoms with Gasteiger partial charge in [0, 0.05) is 4.75 Å². The summed E-state index contributed by atoms with van der Waals surface area (Å²) in [6.45, 7) is 3.48. The Bertz CT molecular complexity index is 967. The Morgan fingerprint density at radius 1 is 1.23 bits per heavy atom. The zero-order valence-corrected chi connectivity index (χ0v) is 21.3. The van der Waals surface area contributed by atoms with Crippen molar-refractivity contribution in [1.82, 2.24) is 20.9 Å². The third-order valence-electron chi connectivity index (χ3n) is 6.13. The first-order valence-electron chi connectivity index (χ1n) is 11.1. The van der Waals surface area contributed by atoms with Gasteiger partial charge in [0.2, 0.25) is 11.8 Å². The van der Waals surface area contributed by atoms with Crippen molar-refractivity contribution in [3.63, 3.8) is 0 Å². The number of aliphatic carboxylic acids is 2. The number of fused-ring (bicyclic) bond motifs is 1. The summed E-state index contributed by atoms with van der Waals surface area (Å²) in [5, 5.41) is 26.1. The standard InChI is InChI=1S/C22H30N4O7S2/c1-22(2)15(20(31)32)26-17(28)14(18(26)35-22)24-16(27)13(11-7-5-4-6-8-11)25-21(33)23-12(19(29)30)9-10-34-3/h4-5,8,12-15,18H,6-7,9-10H2,1-3H3,(H,24,27)(H,29,30)(H,31,32)(H2,23,25,33)/t12?,13?,14?,15-,18+/m0/s1. The molecular weight excluding hydrogens is 496 g/mol. The maximum atomic E-state index is 13.2. The molecule has 0 aromatic rings. The number of allylic oxidation sites excluding steroid dienone is 3. The van der Waals surface area contributed by atoms with E-state index in [1.54, 1.807) is 19.9 Å². The highest BCUT2D eigenvalue weighted by molar-refractivity contribution is 8.01. The number of rotatable bonds is 10. The van der Waals surface area contributed by atoms with Crippen molar-refractivity contribution in [3.05, 3.63) is 23.8 Å². The predicted octanol–water partition coefficient (Wildman–Crippen LogP) is 0.769. The van der Waals surface area contributed by atoms with Gasteiger partial charge in [-0.1, -0.05) is 18.2 Å². The smallest absolute Gasteiger partial charge is 0.327 e. The van der Waals surface area contributed by atoms with Crippen LogP contribution in [-0.2, 0) is 19.2 Å². The Hall–Kier alpha value is -2.67. The second-order valence-electron chi connectivity index (χ2n) is 9.00. The first-order valence-corrected chi connectivity index (χ1v) is 13.4. The van der Waals surface area contributed by atoms with E-state index < -0.39 is 64.1 Å². The lowest BCUT2D eigenvalue weighted by atomic mass is 9.94. The van der Waals surface area contributed by atoms with Crippen LogP contribution < -0.4 is 16.0 Å². The lowest BCUT2D eigenvalue weighted by molar-refractivity contribution is -0.161. The molecular formula is C22H30N4O7S2. The van der Waals surface area contributed by atoms with E-state index in [2.05, 4.69) is 16.0 Å². The Kier molecular flexibility index (Phi) is 8.42. The van der Waals surface area contributed by atoms with E-state index in [1.807, 2.05) is 18.4 Å². The Labute approximate surface area is 211 Å². The van der Waals surface area contributed by atoms with Crippen LogP contribution in [0, 0.1) is 0 Å². The van der Waals surface area contributed by atoms with Crippen molar-refractivity contribution in [3.8, 4) is 0 Å². The van der Waals surface area contributed by atoms with E-state index in [4.69, 9.17) is 0 Å². The molecule has 4 amide bonds. The van der Waals surface area contributed by atoms with Crippen LogP contribution in [0.15, 0.2) is 23.8 Å². The molecule has 5 N–H and O–H groups in total. The van der Waals surface area contributed by atoms with Crippen molar-refractivity contribution in [1.29, 1.82) is 0 Å². The van der Waals surface area contributed by atoms with Crippen molar-refractivity contribution in [2.75, 3.05) is 12.0 Å². The van der Waals surface area contributed by atoms with Gasteiger partial charge in [0.25, 0.3) is 0 Å². The predicted molar refractivity (Wildman–Crippen MR) is 132 cm³/mol. The van der Waals surface area contributed by atoms with Crippen LogP contribution in [0.25, 0.3) is 0 Å². The molecule has 3 unspecified atom stereocenters. The third-order valence-corrected chi connectivity index (χ3v) is 8.35. The molecule has 5 atom stereocenters. The second-order valence-corrected chi connectivity index (χ2v) is 11.8. The maximum Gasteiger partial charge on any atom is 0.327 e. The molecule has 0 spiro atoms. The molecule has 2 heterocycles. The average Bonchev–Trinajstić information content (AvgIpc) is 3.06. The van der Waals surface area contributed by atoms with E-state index in [1.165, 1.54) is 28.4 Å². The summed E-state index contributed by atoms with van der Waals surface area (Å²) in [5.74, 6) is -2.85. The van der Waals surface area contributed by atoms with E-state index in [0.717, 1.165) is 0 Å². The molecule has 35 heavy (non-hydrogen) atoms. The molecule has 11 nitrogen and oxygen atoms in total. The number of nitrogens with zero attached hydrogens (tertiary/aromatic N) is 1. The Morgan fingerprint density at radius 2 is 1.94 bits per heavy atom. The highest BCUT2D eigenvalue weighted by Crippen LogP contribution is 2.50. The lowest BCUT2D eigenvalue weighted by Crippen LogP contribution is -2.71. The van der Waals surface area contributed by atoms with Crippen LogP contribution in [0.2, 0.25) is 0 Å². The summed E-state index contributed by atoms with van der Waals surface area (Å²) in [4.78, 5) is 63.1. The fourth-order valence-corrected chi connectivity index (χ4v) is 6.48. The van der Waals surface area contributed by atoms with Crippen LogP contribution in [-0.4, -0.2) is 91.2 Å². The van der Waals surface area contributed by atoms with Crippen LogP contribution in [0.1, 0.15) is 33.1 Å². The minimum Gasteiger partial charge on any atom is -0.480 e. The molecule has 2 aliphatic heterocycles. The van der Waals surface area contributed by atoms with Gasteiger partial charge in [0.1, 0.15) is 29.5 Å². The maximum absolute atomic E-state index is 13.2. The number of amides is 4. The van der Waals surface area contributed by atoms with Crippen molar-refractivity contribution >= 4 is 53.3 Å². The molecule has 0 aromatic heterocycles. The lowest BCUT2D eigenvalue weighted by Gasteiger charge is -2.44. The largest absolute Gasteiger partial charge is 0.480 e. The molecule has 2 saturated heterocycles. The fourth-order valence-electron chi connectivity index (χ4n) is 4.39. The van der Waals surface area contributed by atoms with Crippen LogP contribution in [0.3, 0.4) is 0 Å². The molecule has 0 bridgehead atoms. The zero-order valence-electron chi connectivity index (χ0n) is 19.6. The van der Waals surface area contributed by atoms with Gasteiger partial charge in [-0.3, -0.25) is 9.59 Å². The minimum absolute atomic E-state index is 0.220. The summed E-state index contributed by atoms with van der Waals surface area (Å²) in [5.41, 5.74) is 0.614. The van der Waals surface area contributed by atoms with Crippen molar-refractivity contribution in [2.24, 2.45) is 0 Å². The van der Waals surface area contributed by atoms with Gasteiger partial charge in [-0.05, 0) is 50.7 Å². The van der Waals surface area contributed by atoms with Crippen molar-refractivity contribution < 1.29 is 34.2 Å². The highest BCUT2D eigenvalue weighted by atomic mass is 32.2. The Balaban J connectivity index is 1.71. The summed E-state index contributed by atoms with van der Waals surface area (Å²) < 4.78 is -0.734. The molecule has 1 aliphatic carbocycles. The number of thioether (sulfide) groups is 2. The number of urea groups is 1. The summed E-state index contributed by atoms with van der Waals surface area (Å²) in [6.07, 6.45) is 8.59. The number of β-lactam (4-membered cyclic amide) rings is 1. The number of carboxylic acids is 2. The average molecular weight is 527 g/mol. The third kappa shape index (κ3) is 5.77. The normalized spacial score (nSPS) is 26.0. The van der Waals surface area contributed by atoms with E-state index in [9.17, 15) is 34.2 Å². The SMILES string of the molecule is CSCCC(NC(=O)NC(C(=O)NC1C(=O)N2[C@@H]1SC(C)(C)[C@@H]2C(=O)O)C1=CCC=CC1)C(=O)O. The van der Waals surface area contributed by atoms with Gasteiger partial charge >= 0.3 is 18.0 Å². The quantitative estimate of drug-likeness (QED) is 0.204. The van der Waals surface area contributed by atoms with Gasteiger partial charge in [0.15, 0.2) is 0 Å². The first-order chi connectivity index (χ1) is 16.5. The minimum atomic E-state index is -1.18. The molecule has 0 radical (unpaired) electrons. The second kappa shape index (κ2) is 10.9. The van der Waals surface area contributed by atoms with Gasteiger partial charge < -0.3 is 31.1 Å². The first kappa shape index (κ1) is 26.9. The van der Waals surface area contributed by atoms with Gasteiger partial charge in [0.05, 0.1) is 0 Å². The van der Waals surface area contributed by atoms with Crippen LogP contribution >= 0.6 is 23.5 Å². The topological polar surface area (TPSA) is 165 Å². The van der Waals surface area contributed by atoms with Crippen LogP contribution in [0.5, 0.6) is 0 Å². The number of carboxylic acid groups (broad SMARTS) is 2. The van der Waals surface area contributed by atoms with Gasteiger partial charge in [-0.15, -0.1) is 11.8 Å². The number of carbonyl (C=O) groups excluding carboxylic acids is 3. The molecule has 3 aliphatic rings. The molecule has 3 rings (SSSR count). The summed E-state index contributed by atoms with van der Waals surface area (Å²) >= 11 is 2.76. The number of hydrogen-bond donors (Lipinski definition) is 5. The molecule has 192 valence electrons. The van der Waals surface area contributed by atoms with Crippen molar-refractivity contribution in [2.45, 2.75) is 67.4 Å². The molecule has 0 saturated carbocycles. The summed E-state index contributed by atoms with van der Waals surface area (Å²) in [6, 6.07) is -4.96. The molecule has 13 heteroatoms. The number of hydrogen-bond acceptors (Lipinski definition) is 7. The highest BCUT2D eigenvalue weighted by Gasteiger charge is 2.64. The zero-order chi connectivity index (χ0) is 25.9. The molecule has 2 fully saturated rings. The summed E-state index contributed by atoms with van der Waals surface area (Å²) in [7, 11) is 0. The van der Waals surface area contributed by atoms with E-state index in [-0.39, 0.29) is 6.42 Å². The van der Waals surface area contributed by atoms with E-state index >= 15 is 0 Å². The van der Waals surface area contributed by atoms with Gasteiger partial charge in [-0.25, -0.2) is 14.4 Å². The van der Waals surface area contributed by atoms with Crippen LogP contribution in [0.4, 0.5) is 4.79 Å².